The van der Waals surface area contributed by atoms with Gasteiger partial charge in [-0.15, -0.1) is 0 Å². The first kappa shape index (κ1) is 12.1. The standard InChI is InChI=1S/C14H13NO3/c1-11(16)18-14(13-6-2-3-9-15-13)8-7-12-5-4-10-17-12/h2-10,14H,1H3/b8-7+. The zero-order valence-electron chi connectivity index (χ0n) is 9.95. The van der Waals surface area contributed by atoms with E-state index in [1.807, 2.05) is 18.2 Å². The van der Waals surface area contributed by atoms with E-state index in [2.05, 4.69) is 4.98 Å². The molecule has 0 aliphatic heterocycles. The summed E-state index contributed by atoms with van der Waals surface area (Å²) in [6.07, 6.45) is 6.23. The van der Waals surface area contributed by atoms with Crippen LogP contribution in [0.3, 0.4) is 0 Å². The van der Waals surface area contributed by atoms with Crippen LogP contribution in [0, 0.1) is 0 Å². The second-order valence-electron chi connectivity index (χ2n) is 3.66. The Kier molecular flexibility index (Phi) is 3.91. The van der Waals surface area contributed by atoms with Crippen molar-refractivity contribution in [2.75, 3.05) is 0 Å². The van der Waals surface area contributed by atoms with Crippen LogP contribution in [0.5, 0.6) is 0 Å². The molecular weight excluding hydrogens is 230 g/mol. The second-order valence-corrected chi connectivity index (χ2v) is 3.66. The molecule has 0 bridgehead atoms. The van der Waals surface area contributed by atoms with Gasteiger partial charge >= 0.3 is 5.97 Å². The summed E-state index contributed by atoms with van der Waals surface area (Å²) >= 11 is 0. The molecule has 0 radical (unpaired) electrons. The van der Waals surface area contributed by atoms with Crippen molar-refractivity contribution in [1.29, 1.82) is 0 Å². The van der Waals surface area contributed by atoms with Crippen LogP contribution in [-0.4, -0.2) is 11.0 Å². The average molecular weight is 243 g/mol. The number of ether oxygens (including phenoxy) is 1. The van der Waals surface area contributed by atoms with E-state index in [1.165, 1.54) is 6.92 Å². The van der Waals surface area contributed by atoms with Gasteiger partial charge in [-0.25, -0.2) is 0 Å². The van der Waals surface area contributed by atoms with Gasteiger partial charge in [0.25, 0.3) is 0 Å². The fourth-order valence-corrected chi connectivity index (χ4v) is 1.49. The van der Waals surface area contributed by atoms with Crippen molar-refractivity contribution in [3.8, 4) is 0 Å². The molecule has 4 nitrogen and oxygen atoms in total. The highest BCUT2D eigenvalue weighted by Crippen LogP contribution is 2.18. The molecule has 0 saturated carbocycles. The predicted octanol–water partition coefficient (Wildman–Crippen LogP) is 2.99. The summed E-state index contributed by atoms with van der Waals surface area (Å²) in [5.74, 6) is 0.345. The fraction of sp³-hybridized carbons (Fsp3) is 0.143. The summed E-state index contributed by atoms with van der Waals surface area (Å²) in [5.41, 5.74) is 0.676. The minimum atomic E-state index is -0.506. The Morgan fingerprint density at radius 1 is 1.39 bits per heavy atom. The van der Waals surface area contributed by atoms with Gasteiger partial charge in [-0.3, -0.25) is 9.78 Å². The number of carbonyl (C=O) groups is 1. The van der Waals surface area contributed by atoms with Crippen LogP contribution in [-0.2, 0) is 9.53 Å². The van der Waals surface area contributed by atoms with E-state index in [9.17, 15) is 4.79 Å². The predicted molar refractivity (Wildman–Crippen MR) is 66.5 cm³/mol. The summed E-state index contributed by atoms with van der Waals surface area (Å²) < 4.78 is 10.4. The molecule has 1 atom stereocenters. The van der Waals surface area contributed by atoms with Crippen molar-refractivity contribution in [2.45, 2.75) is 13.0 Å². The molecule has 0 aliphatic carbocycles. The van der Waals surface area contributed by atoms with Crippen LogP contribution in [0.25, 0.3) is 6.08 Å². The number of hydrogen-bond donors (Lipinski definition) is 0. The molecule has 0 saturated heterocycles. The molecule has 0 aliphatic rings. The lowest BCUT2D eigenvalue weighted by Crippen LogP contribution is -2.07. The van der Waals surface area contributed by atoms with Gasteiger partial charge in [-0.1, -0.05) is 6.07 Å². The highest BCUT2D eigenvalue weighted by atomic mass is 16.5. The van der Waals surface area contributed by atoms with Crippen LogP contribution in [0.15, 0.2) is 53.3 Å². The Morgan fingerprint density at radius 2 is 2.28 bits per heavy atom. The lowest BCUT2D eigenvalue weighted by Gasteiger charge is -2.11. The number of aromatic nitrogens is 1. The molecule has 0 amide bonds. The zero-order valence-corrected chi connectivity index (χ0v) is 9.95. The van der Waals surface area contributed by atoms with E-state index in [0.29, 0.717) is 11.5 Å². The van der Waals surface area contributed by atoms with Gasteiger partial charge in [0.2, 0.25) is 0 Å². The highest BCUT2D eigenvalue weighted by Gasteiger charge is 2.12. The van der Waals surface area contributed by atoms with Gasteiger partial charge in [0.15, 0.2) is 6.10 Å². The van der Waals surface area contributed by atoms with Crippen molar-refractivity contribution in [2.24, 2.45) is 0 Å². The smallest absolute Gasteiger partial charge is 0.303 e. The first-order chi connectivity index (χ1) is 8.75. The Labute approximate surface area is 105 Å². The van der Waals surface area contributed by atoms with E-state index in [-0.39, 0.29) is 5.97 Å². The van der Waals surface area contributed by atoms with Crippen molar-refractivity contribution in [1.82, 2.24) is 4.98 Å². The van der Waals surface area contributed by atoms with Gasteiger partial charge < -0.3 is 9.15 Å². The lowest BCUT2D eigenvalue weighted by molar-refractivity contribution is -0.144. The Balaban J connectivity index is 2.18. The Bertz CT molecular complexity index is 517. The first-order valence-electron chi connectivity index (χ1n) is 5.55. The minimum absolute atomic E-state index is 0.352. The van der Waals surface area contributed by atoms with Gasteiger partial charge in [0.05, 0.1) is 12.0 Å². The number of hydrogen-bond acceptors (Lipinski definition) is 4. The van der Waals surface area contributed by atoms with E-state index in [1.54, 1.807) is 36.7 Å². The molecule has 4 heteroatoms. The fourth-order valence-electron chi connectivity index (χ4n) is 1.49. The van der Waals surface area contributed by atoms with E-state index in [0.717, 1.165) is 0 Å². The average Bonchev–Trinajstić information content (AvgIpc) is 2.88. The topological polar surface area (TPSA) is 52.3 Å². The highest BCUT2D eigenvalue weighted by molar-refractivity contribution is 5.66. The van der Waals surface area contributed by atoms with Crippen LogP contribution in [0.1, 0.15) is 24.5 Å². The molecule has 92 valence electrons. The molecule has 18 heavy (non-hydrogen) atoms. The quantitative estimate of drug-likeness (QED) is 0.774. The normalized spacial score (nSPS) is 12.5. The second kappa shape index (κ2) is 5.82. The molecule has 0 fully saturated rings. The Morgan fingerprint density at radius 3 is 2.89 bits per heavy atom. The van der Waals surface area contributed by atoms with Crippen molar-refractivity contribution in [3.05, 3.63) is 60.3 Å². The van der Waals surface area contributed by atoms with Gasteiger partial charge in [-0.05, 0) is 36.4 Å². The molecule has 0 spiro atoms. The number of furan rings is 1. The largest absolute Gasteiger partial charge is 0.465 e. The number of rotatable bonds is 4. The minimum Gasteiger partial charge on any atom is -0.465 e. The third kappa shape index (κ3) is 3.31. The van der Waals surface area contributed by atoms with E-state index in [4.69, 9.17) is 9.15 Å². The molecule has 0 N–H and O–H groups in total. The van der Waals surface area contributed by atoms with Gasteiger partial charge in [0.1, 0.15) is 5.76 Å². The number of esters is 1. The molecule has 2 aromatic heterocycles. The monoisotopic (exact) mass is 243 g/mol. The third-order valence-electron chi connectivity index (χ3n) is 2.25. The maximum atomic E-state index is 11.1. The van der Waals surface area contributed by atoms with Crippen molar-refractivity contribution in [3.63, 3.8) is 0 Å². The third-order valence-corrected chi connectivity index (χ3v) is 2.25. The molecular formula is C14H13NO3. The molecule has 0 aromatic carbocycles. The van der Waals surface area contributed by atoms with E-state index >= 15 is 0 Å². The SMILES string of the molecule is CC(=O)OC(/C=C/c1ccco1)c1ccccn1. The number of pyridine rings is 1. The Hall–Kier alpha value is -2.36. The molecule has 2 heterocycles. The molecule has 2 rings (SSSR count). The summed E-state index contributed by atoms with van der Waals surface area (Å²) in [5, 5.41) is 0. The van der Waals surface area contributed by atoms with Crippen LogP contribution >= 0.6 is 0 Å². The van der Waals surface area contributed by atoms with Gasteiger partial charge in [0, 0.05) is 13.1 Å². The van der Waals surface area contributed by atoms with Crippen LogP contribution < -0.4 is 0 Å². The maximum absolute atomic E-state index is 11.1. The lowest BCUT2D eigenvalue weighted by atomic mass is 10.2. The zero-order chi connectivity index (χ0) is 12.8. The summed E-state index contributed by atoms with van der Waals surface area (Å²) in [4.78, 5) is 15.3. The number of nitrogens with zero attached hydrogens (tertiary/aromatic N) is 1. The summed E-state index contributed by atoms with van der Waals surface area (Å²) in [7, 11) is 0. The van der Waals surface area contributed by atoms with Crippen LogP contribution in [0.2, 0.25) is 0 Å². The number of carbonyl (C=O) groups excluding carboxylic acids is 1. The molecule has 1 unspecified atom stereocenters. The van der Waals surface area contributed by atoms with Gasteiger partial charge in [-0.2, -0.15) is 0 Å². The van der Waals surface area contributed by atoms with Crippen LogP contribution in [0.4, 0.5) is 0 Å². The summed E-state index contributed by atoms with van der Waals surface area (Å²) in [6, 6.07) is 9.07. The first-order valence-corrected chi connectivity index (χ1v) is 5.55. The maximum Gasteiger partial charge on any atom is 0.303 e. The van der Waals surface area contributed by atoms with Crippen molar-refractivity contribution >= 4 is 12.0 Å². The summed E-state index contributed by atoms with van der Waals surface area (Å²) in [6.45, 7) is 1.37. The van der Waals surface area contributed by atoms with E-state index < -0.39 is 6.10 Å². The van der Waals surface area contributed by atoms with Crippen molar-refractivity contribution < 1.29 is 13.9 Å². The molecule has 2 aromatic rings.